The highest BCUT2D eigenvalue weighted by Crippen LogP contribution is 2.26. The fraction of sp³-hybridized carbons (Fsp3) is 0.600. The number of halogens is 1. The number of aryl methyl sites for hydroxylation is 1. The minimum atomic E-state index is 0.241. The lowest BCUT2D eigenvalue weighted by Crippen LogP contribution is -2.24. The van der Waals surface area contributed by atoms with Crippen molar-refractivity contribution in [1.29, 1.82) is 0 Å². The predicted octanol–water partition coefficient (Wildman–Crippen LogP) is 2.36. The van der Waals surface area contributed by atoms with E-state index in [0.717, 1.165) is 24.5 Å². The first kappa shape index (κ1) is 9.71. The van der Waals surface area contributed by atoms with Gasteiger partial charge < -0.3 is 5.32 Å². The van der Waals surface area contributed by atoms with E-state index in [1.165, 1.54) is 6.42 Å². The molecular weight excluding hydrogens is 198 g/mol. The molecule has 1 aromatic rings. The van der Waals surface area contributed by atoms with Gasteiger partial charge in [0.1, 0.15) is 11.6 Å². The summed E-state index contributed by atoms with van der Waals surface area (Å²) < 4.78 is 0. The number of nitrogens with one attached hydrogen (secondary N) is 1. The summed E-state index contributed by atoms with van der Waals surface area (Å²) in [5, 5.41) is 3.59. The van der Waals surface area contributed by atoms with Crippen LogP contribution in [0.5, 0.6) is 0 Å². The molecule has 2 atom stereocenters. The van der Waals surface area contributed by atoms with Crippen LogP contribution in [0.2, 0.25) is 0 Å². The molecule has 0 radical (unpaired) electrons. The molecule has 1 aliphatic rings. The lowest BCUT2D eigenvalue weighted by molar-refractivity contribution is 0.754. The second-order valence-electron chi connectivity index (χ2n) is 3.69. The molecule has 1 N–H and O–H groups in total. The molecule has 1 saturated carbocycles. The van der Waals surface area contributed by atoms with Crippen molar-refractivity contribution in [2.24, 2.45) is 0 Å². The third-order valence-corrected chi connectivity index (χ3v) is 3.06. The molecule has 1 aromatic heterocycles. The molecule has 14 heavy (non-hydrogen) atoms. The van der Waals surface area contributed by atoms with E-state index in [9.17, 15) is 0 Å². The fourth-order valence-corrected chi connectivity index (χ4v) is 2.15. The fourth-order valence-electron chi connectivity index (χ4n) is 1.80. The third kappa shape index (κ3) is 2.15. The molecule has 0 saturated heterocycles. The van der Waals surface area contributed by atoms with E-state index >= 15 is 0 Å². The van der Waals surface area contributed by atoms with E-state index in [2.05, 4.69) is 15.3 Å². The van der Waals surface area contributed by atoms with Crippen LogP contribution >= 0.6 is 11.6 Å². The van der Waals surface area contributed by atoms with Crippen LogP contribution in [0, 0.1) is 6.92 Å². The van der Waals surface area contributed by atoms with Crippen molar-refractivity contribution in [3.63, 3.8) is 0 Å². The number of hydrogen-bond donors (Lipinski definition) is 1. The number of anilines is 1. The summed E-state index contributed by atoms with van der Waals surface area (Å²) in [6.45, 7) is 1.89. The molecule has 0 bridgehead atoms. The molecule has 4 heteroatoms. The zero-order valence-electron chi connectivity index (χ0n) is 8.20. The Hall–Kier alpha value is -0.830. The van der Waals surface area contributed by atoms with Crippen molar-refractivity contribution in [1.82, 2.24) is 9.97 Å². The molecular formula is C10H14ClN3. The first-order valence-electron chi connectivity index (χ1n) is 4.96. The molecule has 0 amide bonds. The van der Waals surface area contributed by atoms with Crippen LogP contribution in [0.1, 0.15) is 25.1 Å². The summed E-state index contributed by atoms with van der Waals surface area (Å²) in [4.78, 5) is 8.34. The van der Waals surface area contributed by atoms with Gasteiger partial charge in [0, 0.05) is 12.2 Å². The van der Waals surface area contributed by atoms with E-state index in [1.807, 2.05) is 13.0 Å². The van der Waals surface area contributed by atoms with Crippen molar-refractivity contribution in [2.45, 2.75) is 37.6 Å². The summed E-state index contributed by atoms with van der Waals surface area (Å²) in [5.41, 5.74) is 0. The van der Waals surface area contributed by atoms with Crippen molar-refractivity contribution in [3.05, 3.63) is 18.1 Å². The highest BCUT2D eigenvalue weighted by Gasteiger charge is 2.25. The second kappa shape index (κ2) is 4.13. The molecule has 2 unspecified atom stereocenters. The summed E-state index contributed by atoms with van der Waals surface area (Å²) in [6.07, 6.45) is 5.21. The van der Waals surface area contributed by atoms with E-state index in [-0.39, 0.29) is 5.38 Å². The van der Waals surface area contributed by atoms with Crippen molar-refractivity contribution in [3.8, 4) is 0 Å². The molecule has 1 heterocycles. The van der Waals surface area contributed by atoms with Crippen LogP contribution in [0.3, 0.4) is 0 Å². The smallest absolute Gasteiger partial charge is 0.129 e. The number of hydrogen-bond acceptors (Lipinski definition) is 3. The largest absolute Gasteiger partial charge is 0.366 e. The number of alkyl halides is 1. The van der Waals surface area contributed by atoms with Gasteiger partial charge in [-0.05, 0) is 32.3 Å². The van der Waals surface area contributed by atoms with Gasteiger partial charge in [0.2, 0.25) is 0 Å². The van der Waals surface area contributed by atoms with Gasteiger partial charge >= 0.3 is 0 Å². The average molecular weight is 212 g/mol. The van der Waals surface area contributed by atoms with Gasteiger partial charge in [0.25, 0.3) is 0 Å². The maximum atomic E-state index is 6.16. The zero-order valence-corrected chi connectivity index (χ0v) is 8.96. The van der Waals surface area contributed by atoms with Crippen LogP contribution in [-0.2, 0) is 0 Å². The number of rotatable bonds is 2. The maximum absolute atomic E-state index is 6.16. The minimum absolute atomic E-state index is 0.241. The van der Waals surface area contributed by atoms with Gasteiger partial charge in [-0.2, -0.15) is 0 Å². The highest BCUT2D eigenvalue weighted by atomic mass is 35.5. The molecule has 2 rings (SSSR count). The predicted molar refractivity (Wildman–Crippen MR) is 57.7 cm³/mol. The van der Waals surface area contributed by atoms with Crippen LogP contribution in [0.15, 0.2) is 12.3 Å². The maximum Gasteiger partial charge on any atom is 0.129 e. The molecule has 1 fully saturated rings. The molecule has 76 valence electrons. The Labute approximate surface area is 88.9 Å². The van der Waals surface area contributed by atoms with Gasteiger partial charge in [-0.25, -0.2) is 9.97 Å². The summed E-state index contributed by atoms with van der Waals surface area (Å²) in [6, 6.07) is 2.25. The summed E-state index contributed by atoms with van der Waals surface area (Å²) in [7, 11) is 0. The van der Waals surface area contributed by atoms with Crippen molar-refractivity contribution >= 4 is 17.4 Å². The quantitative estimate of drug-likeness (QED) is 0.764. The zero-order chi connectivity index (χ0) is 9.97. The van der Waals surface area contributed by atoms with Gasteiger partial charge in [-0.3, -0.25) is 0 Å². The minimum Gasteiger partial charge on any atom is -0.366 e. The number of aromatic nitrogens is 2. The molecule has 3 nitrogen and oxygen atoms in total. The Morgan fingerprint density at radius 2 is 2.36 bits per heavy atom. The highest BCUT2D eigenvalue weighted by molar-refractivity contribution is 6.21. The second-order valence-corrected chi connectivity index (χ2v) is 4.25. The monoisotopic (exact) mass is 211 g/mol. The van der Waals surface area contributed by atoms with Gasteiger partial charge in [-0.1, -0.05) is 0 Å². The molecule has 0 spiro atoms. The normalized spacial score (nSPS) is 26.4. The summed E-state index contributed by atoms with van der Waals surface area (Å²) >= 11 is 6.16. The first-order chi connectivity index (χ1) is 6.75. The Bertz CT molecular complexity index is 316. The third-order valence-electron chi connectivity index (χ3n) is 2.54. The van der Waals surface area contributed by atoms with Crippen molar-refractivity contribution < 1.29 is 0 Å². The van der Waals surface area contributed by atoms with Crippen molar-refractivity contribution in [2.75, 3.05) is 5.32 Å². The first-order valence-corrected chi connectivity index (χ1v) is 5.39. The Kier molecular flexibility index (Phi) is 2.87. The SMILES string of the molecule is Cc1nccc(NC2CCCC2Cl)n1. The molecule has 1 aliphatic carbocycles. The van der Waals surface area contributed by atoms with E-state index in [1.54, 1.807) is 6.20 Å². The average Bonchev–Trinajstić information content (AvgIpc) is 2.52. The van der Waals surface area contributed by atoms with Crippen LogP contribution in [-0.4, -0.2) is 21.4 Å². The van der Waals surface area contributed by atoms with Gasteiger partial charge in [0.05, 0.1) is 5.38 Å². The summed E-state index contributed by atoms with van der Waals surface area (Å²) in [5.74, 6) is 1.68. The van der Waals surface area contributed by atoms with Gasteiger partial charge in [0.15, 0.2) is 0 Å². The van der Waals surface area contributed by atoms with Crippen LogP contribution in [0.4, 0.5) is 5.82 Å². The topological polar surface area (TPSA) is 37.8 Å². The van der Waals surface area contributed by atoms with E-state index in [0.29, 0.717) is 6.04 Å². The van der Waals surface area contributed by atoms with Crippen LogP contribution < -0.4 is 5.32 Å². The van der Waals surface area contributed by atoms with E-state index < -0.39 is 0 Å². The lowest BCUT2D eigenvalue weighted by Gasteiger charge is -2.16. The standard InChI is InChI=1S/C10H14ClN3/c1-7-12-6-5-10(13-7)14-9-4-2-3-8(9)11/h5-6,8-9H,2-4H2,1H3,(H,12,13,14). The Balaban J connectivity index is 2.03. The Morgan fingerprint density at radius 3 is 3.00 bits per heavy atom. The van der Waals surface area contributed by atoms with Crippen LogP contribution in [0.25, 0.3) is 0 Å². The number of nitrogens with zero attached hydrogens (tertiary/aromatic N) is 2. The molecule has 0 aliphatic heterocycles. The molecule has 0 aromatic carbocycles. The van der Waals surface area contributed by atoms with E-state index in [4.69, 9.17) is 11.6 Å². The lowest BCUT2D eigenvalue weighted by atomic mass is 10.2. The Morgan fingerprint density at radius 1 is 1.50 bits per heavy atom. The van der Waals surface area contributed by atoms with Gasteiger partial charge in [-0.15, -0.1) is 11.6 Å².